The van der Waals surface area contributed by atoms with Crippen LogP contribution in [0.2, 0.25) is 0 Å². The maximum atomic E-state index is 6.77. The maximum absolute atomic E-state index is 6.77. The van der Waals surface area contributed by atoms with Crippen molar-refractivity contribution in [3.63, 3.8) is 0 Å². The molecule has 0 atom stereocenters. The van der Waals surface area contributed by atoms with Gasteiger partial charge in [-0.25, -0.2) is 4.98 Å². The van der Waals surface area contributed by atoms with Gasteiger partial charge >= 0.3 is 0 Å². The van der Waals surface area contributed by atoms with E-state index in [1.807, 2.05) is 54.6 Å². The molecule has 0 saturated heterocycles. The van der Waals surface area contributed by atoms with Crippen LogP contribution in [-0.4, -0.2) is 34.8 Å². The van der Waals surface area contributed by atoms with E-state index >= 15 is 0 Å². The molecule has 3 heterocycles. The van der Waals surface area contributed by atoms with Crippen LogP contribution in [0.15, 0.2) is 73.1 Å². The summed E-state index contributed by atoms with van der Waals surface area (Å²) in [6.45, 7) is 8.77. The zero-order valence-electron chi connectivity index (χ0n) is 41.3. The van der Waals surface area contributed by atoms with Crippen LogP contribution >= 0.6 is 0 Å². The Morgan fingerprint density at radius 1 is 0.369 bits per heavy atom. The van der Waals surface area contributed by atoms with E-state index in [0.29, 0.717) is 31.3 Å². The lowest BCUT2D eigenvalue weighted by Crippen LogP contribution is -2.07. The van der Waals surface area contributed by atoms with Gasteiger partial charge in [0.2, 0.25) is 5.75 Å². The predicted molar refractivity (Wildman–Crippen MR) is 275 cm³/mol. The fourth-order valence-corrected chi connectivity index (χ4v) is 8.37. The quantitative estimate of drug-likeness (QED) is 0.0330. The van der Waals surface area contributed by atoms with Gasteiger partial charge in [-0.1, -0.05) is 218 Å². The first-order chi connectivity index (χ1) is 32.2. The highest BCUT2D eigenvalue weighted by molar-refractivity contribution is 5.67. The van der Waals surface area contributed by atoms with Crippen molar-refractivity contribution in [1.29, 1.82) is 0 Å². The molecule has 0 aliphatic rings. The summed E-state index contributed by atoms with van der Waals surface area (Å²) >= 11 is 0. The second-order valence-corrected chi connectivity index (χ2v) is 18.2. The van der Waals surface area contributed by atoms with Crippen molar-refractivity contribution in [1.82, 2.24) is 15.0 Å². The molecule has 0 N–H and O–H groups in total. The molecule has 6 heteroatoms. The van der Waals surface area contributed by atoms with Crippen molar-refractivity contribution >= 4 is 0 Å². The summed E-state index contributed by atoms with van der Waals surface area (Å²) in [6.07, 6.45) is 42.2. The minimum atomic E-state index is 0.616. The molecule has 1 aromatic carbocycles. The van der Waals surface area contributed by atoms with E-state index in [4.69, 9.17) is 19.2 Å². The molecule has 0 aliphatic heterocycles. The van der Waals surface area contributed by atoms with Crippen LogP contribution in [0.3, 0.4) is 0 Å². The highest BCUT2D eigenvalue weighted by Crippen LogP contribution is 2.41. The number of hydrogen-bond acceptors (Lipinski definition) is 6. The molecule has 0 bridgehead atoms. The number of rotatable bonds is 38. The SMILES string of the molecule is CCCCCCCCCCCCOc1ccc(C#Cc2cc(-c3ccccn3)nc(-c3ccccn3)c2)c(OCCCCCCCCCCCC)c1OCCCCCCCCCCCC. The first-order valence-corrected chi connectivity index (χ1v) is 26.7. The van der Waals surface area contributed by atoms with Crippen LogP contribution in [-0.2, 0) is 0 Å². The van der Waals surface area contributed by atoms with Crippen LogP contribution in [0.1, 0.15) is 225 Å². The van der Waals surface area contributed by atoms with E-state index in [1.54, 1.807) is 12.4 Å². The average molecular weight is 886 g/mol. The lowest BCUT2D eigenvalue weighted by atomic mass is 10.1. The summed E-state index contributed by atoms with van der Waals surface area (Å²) in [6, 6.07) is 19.9. The third-order valence-corrected chi connectivity index (χ3v) is 12.3. The molecule has 356 valence electrons. The molecular formula is C59H87N3O3. The van der Waals surface area contributed by atoms with Crippen molar-refractivity contribution < 1.29 is 14.2 Å². The van der Waals surface area contributed by atoms with Gasteiger partial charge in [0.25, 0.3) is 0 Å². The molecule has 6 nitrogen and oxygen atoms in total. The third kappa shape index (κ3) is 23.1. The summed E-state index contributed by atoms with van der Waals surface area (Å²) < 4.78 is 20.1. The van der Waals surface area contributed by atoms with E-state index in [9.17, 15) is 0 Å². The van der Waals surface area contributed by atoms with Crippen LogP contribution < -0.4 is 14.2 Å². The number of ether oxygens (including phenoxy) is 3. The van der Waals surface area contributed by atoms with Gasteiger partial charge in [-0.15, -0.1) is 0 Å². The Balaban J connectivity index is 1.53. The molecule has 4 aromatic rings. The Hall–Kier alpha value is -4.37. The van der Waals surface area contributed by atoms with Gasteiger partial charge < -0.3 is 14.2 Å². The minimum absolute atomic E-state index is 0.616. The second-order valence-electron chi connectivity index (χ2n) is 18.2. The third-order valence-electron chi connectivity index (χ3n) is 12.3. The number of benzene rings is 1. The number of aromatic nitrogens is 3. The van der Waals surface area contributed by atoms with Gasteiger partial charge in [0.1, 0.15) is 0 Å². The average Bonchev–Trinajstić information content (AvgIpc) is 3.34. The molecule has 0 fully saturated rings. The van der Waals surface area contributed by atoms with Crippen molar-refractivity contribution in [3.05, 3.63) is 84.2 Å². The number of nitrogens with zero attached hydrogens (tertiary/aromatic N) is 3. The van der Waals surface area contributed by atoms with Crippen LogP contribution in [0.5, 0.6) is 17.2 Å². The van der Waals surface area contributed by atoms with Gasteiger partial charge in [-0.3, -0.25) is 9.97 Å². The van der Waals surface area contributed by atoms with Crippen molar-refractivity contribution in [2.24, 2.45) is 0 Å². The number of hydrogen-bond donors (Lipinski definition) is 0. The lowest BCUT2D eigenvalue weighted by molar-refractivity contribution is 0.234. The first kappa shape index (κ1) is 53.2. The molecular weight excluding hydrogens is 799 g/mol. The highest BCUT2D eigenvalue weighted by Gasteiger charge is 2.18. The Morgan fingerprint density at radius 2 is 0.754 bits per heavy atom. The maximum Gasteiger partial charge on any atom is 0.204 e. The molecule has 0 aliphatic carbocycles. The van der Waals surface area contributed by atoms with E-state index in [2.05, 4.69) is 48.6 Å². The Bertz CT molecular complexity index is 1780. The Labute approximate surface area is 396 Å². The molecule has 4 rings (SSSR count). The van der Waals surface area contributed by atoms with Gasteiger partial charge in [0.05, 0.1) is 48.2 Å². The smallest absolute Gasteiger partial charge is 0.204 e. The van der Waals surface area contributed by atoms with Crippen LogP contribution in [0, 0.1) is 11.8 Å². The molecule has 0 unspecified atom stereocenters. The molecule has 0 spiro atoms. The molecule has 65 heavy (non-hydrogen) atoms. The van der Waals surface area contributed by atoms with Gasteiger partial charge in [0.15, 0.2) is 11.5 Å². The normalized spacial score (nSPS) is 11.1. The zero-order chi connectivity index (χ0) is 45.7. The van der Waals surface area contributed by atoms with Gasteiger partial charge in [0, 0.05) is 18.0 Å². The predicted octanol–water partition coefficient (Wildman–Crippen LogP) is 17.5. The largest absolute Gasteiger partial charge is 0.490 e. The standard InChI is InChI=1S/C59H87N3O3/c1-4-7-10-13-16-19-22-25-28-35-46-63-57-43-42-52(41-40-51-49-55(53-38-31-33-44-60-53)62-56(50-51)54-39-32-34-45-61-54)58(64-47-36-29-26-23-20-17-14-11-8-5-2)59(57)65-48-37-30-27-24-21-18-15-12-9-6-3/h31-34,38-39,42-45,49-50H,4-30,35-37,46-48H2,1-3H3. The Kier molecular flexibility index (Phi) is 29.4. The molecule has 0 amide bonds. The Morgan fingerprint density at radius 3 is 1.15 bits per heavy atom. The van der Waals surface area contributed by atoms with Gasteiger partial charge in [-0.05, 0) is 67.8 Å². The fourth-order valence-electron chi connectivity index (χ4n) is 8.37. The van der Waals surface area contributed by atoms with Crippen molar-refractivity contribution in [2.75, 3.05) is 19.8 Å². The highest BCUT2D eigenvalue weighted by atomic mass is 16.5. The van der Waals surface area contributed by atoms with Crippen molar-refractivity contribution in [3.8, 4) is 51.9 Å². The lowest BCUT2D eigenvalue weighted by Gasteiger charge is -2.19. The second kappa shape index (κ2) is 35.8. The topological polar surface area (TPSA) is 66.4 Å². The number of unbranched alkanes of at least 4 members (excludes halogenated alkanes) is 27. The summed E-state index contributed by atoms with van der Waals surface area (Å²) in [4.78, 5) is 14.2. The summed E-state index contributed by atoms with van der Waals surface area (Å²) in [7, 11) is 0. The zero-order valence-corrected chi connectivity index (χ0v) is 41.3. The van der Waals surface area contributed by atoms with Crippen molar-refractivity contribution in [2.45, 2.75) is 213 Å². The van der Waals surface area contributed by atoms with E-state index in [-0.39, 0.29) is 0 Å². The minimum Gasteiger partial charge on any atom is -0.490 e. The summed E-state index contributed by atoms with van der Waals surface area (Å²) in [5.41, 5.74) is 4.73. The molecule has 3 aromatic heterocycles. The monoisotopic (exact) mass is 886 g/mol. The van der Waals surface area contributed by atoms with Gasteiger partial charge in [-0.2, -0.15) is 0 Å². The van der Waals surface area contributed by atoms with Crippen LogP contribution in [0.4, 0.5) is 0 Å². The fraction of sp³-hybridized carbons (Fsp3) is 0.610. The summed E-state index contributed by atoms with van der Waals surface area (Å²) in [5, 5.41) is 0. The van der Waals surface area contributed by atoms with E-state index in [0.717, 1.165) is 71.8 Å². The summed E-state index contributed by atoms with van der Waals surface area (Å²) in [5.74, 6) is 9.17. The first-order valence-electron chi connectivity index (χ1n) is 26.7. The van der Waals surface area contributed by atoms with E-state index < -0.39 is 0 Å². The van der Waals surface area contributed by atoms with Crippen LogP contribution in [0.25, 0.3) is 22.8 Å². The number of pyridine rings is 3. The molecule has 0 radical (unpaired) electrons. The molecule has 0 saturated carbocycles. The van der Waals surface area contributed by atoms with E-state index in [1.165, 1.54) is 161 Å².